The van der Waals surface area contributed by atoms with E-state index in [2.05, 4.69) is 38.2 Å². The van der Waals surface area contributed by atoms with Crippen molar-refractivity contribution in [1.29, 1.82) is 0 Å². The van der Waals surface area contributed by atoms with E-state index in [-0.39, 0.29) is 0 Å². The second kappa shape index (κ2) is 1.98. The maximum atomic E-state index is 2.36. The standard InChI is InChI=1S/C10H14/c1-7-8(2)10-5-3-9(7)4-6-10/h3-10H,1-2H3. The zero-order chi connectivity index (χ0) is 7.14. The molecule has 0 amide bonds. The van der Waals surface area contributed by atoms with Gasteiger partial charge in [0.2, 0.25) is 0 Å². The van der Waals surface area contributed by atoms with E-state index in [1.807, 2.05) is 0 Å². The molecule has 0 heteroatoms. The van der Waals surface area contributed by atoms with Gasteiger partial charge in [-0.3, -0.25) is 0 Å². The van der Waals surface area contributed by atoms with E-state index in [9.17, 15) is 0 Å². The Morgan fingerprint density at radius 2 is 1.00 bits per heavy atom. The minimum atomic E-state index is 0.736. The first-order valence-corrected chi connectivity index (χ1v) is 4.15. The predicted octanol–water partition coefficient (Wildman–Crippen LogP) is 2.63. The normalized spacial score (nSPS) is 50.2. The fraction of sp³-hybridized carbons (Fsp3) is 0.600. The first kappa shape index (κ1) is 6.21. The van der Waals surface area contributed by atoms with Crippen LogP contribution in [0.1, 0.15) is 13.8 Å². The maximum Gasteiger partial charge on any atom is -0.00245 e. The highest BCUT2D eigenvalue weighted by Gasteiger charge is 2.30. The van der Waals surface area contributed by atoms with Crippen molar-refractivity contribution in [3.8, 4) is 0 Å². The highest BCUT2D eigenvalue weighted by Crippen LogP contribution is 2.39. The summed E-state index contributed by atoms with van der Waals surface area (Å²) < 4.78 is 0. The second-order valence-corrected chi connectivity index (χ2v) is 3.64. The van der Waals surface area contributed by atoms with Gasteiger partial charge >= 0.3 is 0 Å². The summed E-state index contributed by atoms with van der Waals surface area (Å²) in [4.78, 5) is 0. The van der Waals surface area contributed by atoms with E-state index >= 15 is 0 Å². The minimum absolute atomic E-state index is 0.736. The van der Waals surface area contributed by atoms with Gasteiger partial charge in [-0.2, -0.15) is 0 Å². The molecule has 0 aromatic heterocycles. The lowest BCUT2D eigenvalue weighted by Gasteiger charge is -2.37. The van der Waals surface area contributed by atoms with Gasteiger partial charge < -0.3 is 0 Å². The molecule has 0 saturated heterocycles. The Morgan fingerprint density at radius 1 is 0.700 bits per heavy atom. The molecule has 54 valence electrons. The third-order valence-electron chi connectivity index (χ3n) is 3.15. The van der Waals surface area contributed by atoms with E-state index in [0.717, 1.165) is 23.7 Å². The Bertz CT molecular complexity index is 154. The summed E-state index contributed by atoms with van der Waals surface area (Å²) in [6.45, 7) is 4.71. The zero-order valence-corrected chi connectivity index (χ0v) is 6.62. The second-order valence-electron chi connectivity index (χ2n) is 3.64. The molecule has 3 rings (SSSR count). The molecular weight excluding hydrogens is 120 g/mol. The Hall–Kier alpha value is -0.520. The number of fused-ring (bicyclic) bond motifs is 1. The summed E-state index contributed by atoms with van der Waals surface area (Å²) in [7, 11) is 0. The summed E-state index contributed by atoms with van der Waals surface area (Å²) in [5.74, 6) is 3.19. The molecule has 2 bridgehead atoms. The van der Waals surface area contributed by atoms with Crippen LogP contribution >= 0.6 is 0 Å². The average Bonchev–Trinajstić information content (AvgIpc) is 2.00. The fourth-order valence-corrected chi connectivity index (χ4v) is 2.04. The summed E-state index contributed by atoms with van der Waals surface area (Å²) in [6, 6.07) is 0. The molecule has 2 atom stereocenters. The smallest absolute Gasteiger partial charge is 0.00245 e. The first-order chi connectivity index (χ1) is 4.79. The number of hydrogen-bond acceptors (Lipinski definition) is 0. The lowest BCUT2D eigenvalue weighted by Crippen LogP contribution is -2.29. The molecule has 0 spiro atoms. The molecule has 2 unspecified atom stereocenters. The lowest BCUT2D eigenvalue weighted by atomic mass is 9.68. The van der Waals surface area contributed by atoms with Crippen LogP contribution in [0.4, 0.5) is 0 Å². The van der Waals surface area contributed by atoms with Crippen LogP contribution in [0.15, 0.2) is 24.3 Å². The third kappa shape index (κ3) is 0.681. The van der Waals surface area contributed by atoms with Gasteiger partial charge in [0.15, 0.2) is 0 Å². The van der Waals surface area contributed by atoms with Crippen molar-refractivity contribution in [2.75, 3.05) is 0 Å². The molecule has 0 nitrogen and oxygen atoms in total. The van der Waals surface area contributed by atoms with Gasteiger partial charge in [-0.05, 0) is 23.7 Å². The van der Waals surface area contributed by atoms with E-state index in [0.29, 0.717) is 0 Å². The van der Waals surface area contributed by atoms with Gasteiger partial charge in [0.1, 0.15) is 0 Å². The molecule has 0 saturated carbocycles. The van der Waals surface area contributed by atoms with Crippen LogP contribution in [0, 0.1) is 23.7 Å². The molecule has 3 aliphatic carbocycles. The summed E-state index contributed by atoms with van der Waals surface area (Å²) in [5.41, 5.74) is 0. The van der Waals surface area contributed by atoms with E-state index in [4.69, 9.17) is 0 Å². The van der Waals surface area contributed by atoms with Crippen LogP contribution in [0.5, 0.6) is 0 Å². The largest absolute Gasteiger partial charge is 0.0807 e. The van der Waals surface area contributed by atoms with E-state index in [1.165, 1.54) is 0 Å². The van der Waals surface area contributed by atoms with Gasteiger partial charge in [0.25, 0.3) is 0 Å². The van der Waals surface area contributed by atoms with Crippen molar-refractivity contribution in [2.24, 2.45) is 23.7 Å². The molecule has 0 N–H and O–H groups in total. The summed E-state index contributed by atoms with van der Waals surface area (Å²) >= 11 is 0. The Labute approximate surface area is 62.6 Å². The van der Waals surface area contributed by atoms with Crippen LogP contribution in [0.25, 0.3) is 0 Å². The number of hydrogen-bond donors (Lipinski definition) is 0. The van der Waals surface area contributed by atoms with Gasteiger partial charge in [-0.15, -0.1) is 0 Å². The van der Waals surface area contributed by atoms with Crippen molar-refractivity contribution >= 4 is 0 Å². The van der Waals surface area contributed by atoms with Gasteiger partial charge in [0, 0.05) is 0 Å². The zero-order valence-electron chi connectivity index (χ0n) is 6.62. The maximum absolute atomic E-state index is 2.36. The first-order valence-electron chi connectivity index (χ1n) is 4.15. The van der Waals surface area contributed by atoms with E-state index < -0.39 is 0 Å². The molecule has 0 aliphatic heterocycles. The highest BCUT2D eigenvalue weighted by molar-refractivity contribution is 5.20. The van der Waals surface area contributed by atoms with Crippen LogP contribution in [0.3, 0.4) is 0 Å². The monoisotopic (exact) mass is 134 g/mol. The minimum Gasteiger partial charge on any atom is -0.0807 e. The van der Waals surface area contributed by atoms with Crippen LogP contribution in [0.2, 0.25) is 0 Å². The quantitative estimate of drug-likeness (QED) is 0.447. The van der Waals surface area contributed by atoms with Crippen molar-refractivity contribution < 1.29 is 0 Å². The average molecular weight is 134 g/mol. The molecule has 0 fully saturated rings. The third-order valence-corrected chi connectivity index (χ3v) is 3.15. The molecular formula is C10H14. The molecule has 0 aromatic rings. The van der Waals surface area contributed by atoms with Gasteiger partial charge in [-0.1, -0.05) is 38.2 Å². The number of allylic oxidation sites excluding steroid dienone is 4. The van der Waals surface area contributed by atoms with Crippen molar-refractivity contribution in [3.05, 3.63) is 24.3 Å². The van der Waals surface area contributed by atoms with Gasteiger partial charge in [-0.25, -0.2) is 0 Å². The summed E-state index contributed by atoms with van der Waals surface area (Å²) in [6.07, 6.45) is 9.43. The molecule has 0 heterocycles. The Kier molecular flexibility index (Phi) is 1.23. The van der Waals surface area contributed by atoms with Crippen molar-refractivity contribution in [3.63, 3.8) is 0 Å². The lowest BCUT2D eigenvalue weighted by molar-refractivity contribution is 0.265. The SMILES string of the molecule is CC1C2C=CC(C=C2)C1C. The predicted molar refractivity (Wildman–Crippen MR) is 43.6 cm³/mol. The fourth-order valence-electron chi connectivity index (χ4n) is 2.04. The molecule has 0 aromatic carbocycles. The Morgan fingerprint density at radius 3 is 1.20 bits per heavy atom. The topological polar surface area (TPSA) is 0 Å². The van der Waals surface area contributed by atoms with Crippen LogP contribution < -0.4 is 0 Å². The molecule has 0 radical (unpaired) electrons. The van der Waals surface area contributed by atoms with Crippen molar-refractivity contribution in [1.82, 2.24) is 0 Å². The van der Waals surface area contributed by atoms with Gasteiger partial charge in [0.05, 0.1) is 0 Å². The highest BCUT2D eigenvalue weighted by atomic mass is 14.4. The summed E-state index contributed by atoms with van der Waals surface area (Å²) in [5, 5.41) is 0. The molecule has 3 aliphatic rings. The van der Waals surface area contributed by atoms with Crippen LogP contribution in [-0.2, 0) is 0 Å². The number of rotatable bonds is 0. The molecule has 10 heavy (non-hydrogen) atoms. The Balaban J connectivity index is 2.33. The van der Waals surface area contributed by atoms with E-state index in [1.54, 1.807) is 0 Å². The van der Waals surface area contributed by atoms with Crippen molar-refractivity contribution in [2.45, 2.75) is 13.8 Å². The van der Waals surface area contributed by atoms with Crippen LogP contribution in [-0.4, -0.2) is 0 Å².